The minimum atomic E-state index is -0.579. The molecule has 0 aliphatic carbocycles. The summed E-state index contributed by atoms with van der Waals surface area (Å²) in [6, 6.07) is 3.09. The highest BCUT2D eigenvalue weighted by molar-refractivity contribution is 7.10. The van der Waals surface area contributed by atoms with Gasteiger partial charge in [0, 0.05) is 11.9 Å². The third kappa shape index (κ3) is 3.85. The van der Waals surface area contributed by atoms with Gasteiger partial charge in [-0.25, -0.2) is 4.79 Å². The van der Waals surface area contributed by atoms with E-state index in [1.807, 2.05) is 17.5 Å². The molecule has 5 heteroatoms. The van der Waals surface area contributed by atoms with Gasteiger partial charge < -0.3 is 9.53 Å². The lowest BCUT2D eigenvalue weighted by Crippen LogP contribution is -2.37. The molecule has 0 aliphatic heterocycles. The van der Waals surface area contributed by atoms with Gasteiger partial charge in [-0.15, -0.1) is 11.3 Å². The van der Waals surface area contributed by atoms with Gasteiger partial charge in [0.1, 0.15) is 17.9 Å². The van der Waals surface area contributed by atoms with Gasteiger partial charge in [0.2, 0.25) is 0 Å². The van der Waals surface area contributed by atoms with Crippen molar-refractivity contribution in [2.24, 2.45) is 0 Å². The molecule has 0 fully saturated rings. The third-order valence-corrected chi connectivity index (χ3v) is 3.01. The number of hydrogen-bond acceptors (Lipinski definition) is 4. The second-order valence-corrected chi connectivity index (χ2v) is 5.67. The Kier molecular flexibility index (Phi) is 4.28. The normalized spacial score (nSPS) is 12.9. The van der Waals surface area contributed by atoms with Gasteiger partial charge in [0.25, 0.3) is 0 Å². The van der Waals surface area contributed by atoms with Gasteiger partial charge in [0.15, 0.2) is 0 Å². The maximum Gasteiger partial charge on any atom is 0.410 e. The molecule has 0 N–H and O–H groups in total. The van der Waals surface area contributed by atoms with Gasteiger partial charge in [-0.1, -0.05) is 6.07 Å². The largest absolute Gasteiger partial charge is 0.444 e. The topological polar surface area (TPSA) is 46.6 Å². The zero-order chi connectivity index (χ0) is 13.1. The van der Waals surface area contributed by atoms with Crippen LogP contribution < -0.4 is 0 Å². The highest BCUT2D eigenvalue weighted by Gasteiger charge is 2.26. The van der Waals surface area contributed by atoms with Crippen LogP contribution in [0.1, 0.15) is 31.7 Å². The summed E-state index contributed by atoms with van der Waals surface area (Å²) in [6.07, 6.45) is 0.249. The van der Waals surface area contributed by atoms with Crippen molar-refractivity contribution in [1.29, 1.82) is 0 Å². The van der Waals surface area contributed by atoms with E-state index in [0.29, 0.717) is 0 Å². The molecule has 1 heterocycles. The zero-order valence-electron chi connectivity index (χ0n) is 10.5. The van der Waals surface area contributed by atoms with Crippen molar-refractivity contribution in [3.8, 4) is 0 Å². The number of thiophene rings is 1. The van der Waals surface area contributed by atoms with E-state index in [4.69, 9.17) is 4.74 Å². The number of nitrogens with zero attached hydrogens (tertiary/aromatic N) is 1. The number of carbonyl (C=O) groups excluding carboxylic acids is 2. The van der Waals surface area contributed by atoms with Gasteiger partial charge in [-0.2, -0.15) is 0 Å². The minimum absolute atomic E-state index is 0.497. The summed E-state index contributed by atoms with van der Waals surface area (Å²) in [7, 11) is 1.56. The van der Waals surface area contributed by atoms with Crippen molar-refractivity contribution in [2.45, 2.75) is 32.4 Å². The smallest absolute Gasteiger partial charge is 0.410 e. The molecule has 1 aromatic rings. The van der Waals surface area contributed by atoms with E-state index in [-0.39, 0.29) is 0 Å². The molecule has 17 heavy (non-hydrogen) atoms. The minimum Gasteiger partial charge on any atom is -0.444 e. The Morgan fingerprint density at radius 2 is 2.18 bits per heavy atom. The van der Waals surface area contributed by atoms with E-state index < -0.39 is 17.7 Å². The molecule has 1 unspecified atom stereocenters. The summed E-state index contributed by atoms with van der Waals surface area (Å²) in [5.74, 6) is 0. The van der Waals surface area contributed by atoms with Crippen LogP contribution in [0.2, 0.25) is 0 Å². The molecule has 0 spiro atoms. The number of likely N-dealkylation sites (N-methyl/N-ethyl adjacent to an activating group) is 1. The highest BCUT2D eigenvalue weighted by Crippen LogP contribution is 2.23. The van der Waals surface area contributed by atoms with Gasteiger partial charge >= 0.3 is 6.09 Å². The number of carbonyl (C=O) groups is 2. The van der Waals surface area contributed by atoms with Gasteiger partial charge in [-0.3, -0.25) is 4.90 Å². The molecule has 0 bridgehead atoms. The number of ether oxygens (including phenoxy) is 1. The van der Waals surface area contributed by atoms with Crippen molar-refractivity contribution in [3.05, 3.63) is 22.4 Å². The number of amides is 1. The van der Waals surface area contributed by atoms with Gasteiger partial charge in [-0.05, 0) is 32.2 Å². The Morgan fingerprint density at radius 1 is 1.53 bits per heavy atom. The van der Waals surface area contributed by atoms with Crippen molar-refractivity contribution in [1.82, 2.24) is 4.90 Å². The summed E-state index contributed by atoms with van der Waals surface area (Å²) in [5.41, 5.74) is -0.561. The second kappa shape index (κ2) is 5.31. The summed E-state index contributed by atoms with van der Waals surface area (Å²) in [4.78, 5) is 25.0. The average molecular weight is 255 g/mol. The zero-order valence-corrected chi connectivity index (χ0v) is 11.3. The van der Waals surface area contributed by atoms with Crippen LogP contribution in [-0.2, 0) is 9.53 Å². The molecule has 0 radical (unpaired) electrons. The molecule has 94 valence electrons. The first-order valence-electron chi connectivity index (χ1n) is 5.29. The quantitative estimate of drug-likeness (QED) is 0.780. The van der Waals surface area contributed by atoms with Crippen LogP contribution in [0.5, 0.6) is 0 Å². The molecule has 4 nitrogen and oxygen atoms in total. The summed E-state index contributed by atoms with van der Waals surface area (Å²) in [6.45, 7) is 5.37. The second-order valence-electron chi connectivity index (χ2n) is 4.69. The molecule has 1 aromatic heterocycles. The fourth-order valence-electron chi connectivity index (χ4n) is 1.26. The Hall–Kier alpha value is -1.36. The van der Waals surface area contributed by atoms with Crippen LogP contribution in [0.4, 0.5) is 4.79 Å². The van der Waals surface area contributed by atoms with Crippen LogP contribution in [0.25, 0.3) is 0 Å². The molecule has 0 saturated carbocycles. The van der Waals surface area contributed by atoms with Crippen LogP contribution in [-0.4, -0.2) is 29.9 Å². The van der Waals surface area contributed by atoms with E-state index in [9.17, 15) is 9.59 Å². The first kappa shape index (κ1) is 13.7. The van der Waals surface area contributed by atoms with Gasteiger partial charge in [0.05, 0.1) is 0 Å². The standard InChI is InChI=1S/C12H17NO3S/c1-12(2,3)16-11(15)13(4)9(8-14)10-6-5-7-17-10/h5-9H,1-4H3. The fraction of sp³-hybridized carbons (Fsp3) is 0.500. The highest BCUT2D eigenvalue weighted by atomic mass is 32.1. The maximum atomic E-state index is 11.8. The van der Waals surface area contributed by atoms with Crippen molar-refractivity contribution in [2.75, 3.05) is 7.05 Å². The monoisotopic (exact) mass is 255 g/mol. The fourth-order valence-corrected chi connectivity index (χ4v) is 2.08. The van der Waals surface area contributed by atoms with Crippen molar-refractivity contribution < 1.29 is 14.3 Å². The van der Waals surface area contributed by atoms with Crippen LogP contribution in [0, 0.1) is 0 Å². The summed E-state index contributed by atoms with van der Waals surface area (Å²) >= 11 is 1.44. The lowest BCUT2D eigenvalue weighted by Gasteiger charge is -2.27. The number of aldehydes is 1. The molecule has 0 aromatic carbocycles. The summed E-state index contributed by atoms with van der Waals surface area (Å²) in [5, 5.41) is 1.87. The van der Waals surface area contributed by atoms with E-state index in [0.717, 1.165) is 11.2 Å². The maximum absolute atomic E-state index is 11.8. The molecular formula is C12H17NO3S. The first-order valence-corrected chi connectivity index (χ1v) is 6.17. The molecule has 1 atom stereocenters. The Labute approximate surface area is 105 Å². The SMILES string of the molecule is CN(C(=O)OC(C)(C)C)C(C=O)c1cccs1. The number of rotatable bonds is 3. The first-order chi connectivity index (χ1) is 7.85. The molecule has 1 rings (SSSR count). The Bertz CT molecular complexity index is 381. The molecular weight excluding hydrogens is 238 g/mol. The third-order valence-electron chi connectivity index (χ3n) is 2.06. The molecule has 0 saturated heterocycles. The predicted molar refractivity (Wildman–Crippen MR) is 67.1 cm³/mol. The van der Waals surface area contributed by atoms with Crippen molar-refractivity contribution >= 4 is 23.7 Å². The Balaban J connectivity index is 2.77. The summed E-state index contributed by atoms with van der Waals surface area (Å²) < 4.78 is 5.21. The average Bonchev–Trinajstić information content (AvgIpc) is 2.69. The van der Waals surface area contributed by atoms with Crippen LogP contribution in [0.15, 0.2) is 17.5 Å². The molecule has 0 aliphatic rings. The van der Waals surface area contributed by atoms with Crippen LogP contribution >= 0.6 is 11.3 Å². The van der Waals surface area contributed by atoms with E-state index in [1.165, 1.54) is 16.2 Å². The Morgan fingerprint density at radius 3 is 2.59 bits per heavy atom. The lowest BCUT2D eigenvalue weighted by molar-refractivity contribution is -0.112. The van der Waals surface area contributed by atoms with Crippen LogP contribution in [0.3, 0.4) is 0 Å². The van der Waals surface area contributed by atoms with E-state index in [1.54, 1.807) is 27.8 Å². The predicted octanol–water partition coefficient (Wildman–Crippen LogP) is 2.86. The van der Waals surface area contributed by atoms with Crippen molar-refractivity contribution in [3.63, 3.8) is 0 Å². The lowest BCUT2D eigenvalue weighted by atomic mass is 10.2. The number of hydrogen-bond donors (Lipinski definition) is 0. The molecule has 1 amide bonds. The van der Waals surface area contributed by atoms with E-state index in [2.05, 4.69) is 0 Å². The van der Waals surface area contributed by atoms with E-state index >= 15 is 0 Å².